The van der Waals surface area contributed by atoms with Crippen molar-refractivity contribution in [1.29, 1.82) is 0 Å². The van der Waals surface area contributed by atoms with E-state index in [9.17, 15) is 9.18 Å². The Morgan fingerprint density at radius 2 is 1.80 bits per heavy atom. The molecule has 0 N–H and O–H groups in total. The molecular formula is C22H23FN4O2S. The summed E-state index contributed by atoms with van der Waals surface area (Å²) in [4.78, 5) is 23.9. The summed E-state index contributed by atoms with van der Waals surface area (Å²) in [5.41, 5.74) is 1.96. The van der Waals surface area contributed by atoms with Gasteiger partial charge in [0.2, 0.25) is 5.91 Å². The van der Waals surface area contributed by atoms with E-state index in [1.165, 1.54) is 23.5 Å². The zero-order valence-corrected chi connectivity index (χ0v) is 17.6. The van der Waals surface area contributed by atoms with Crippen LogP contribution in [-0.4, -0.2) is 62.2 Å². The number of thiazole rings is 1. The number of halogens is 1. The molecule has 0 radical (unpaired) electrons. The molecule has 3 aromatic rings. The molecule has 0 atom stereocenters. The minimum absolute atomic E-state index is 0.0151. The largest absolute Gasteiger partial charge is 0.497 e. The molecule has 0 saturated carbocycles. The van der Waals surface area contributed by atoms with Crippen LogP contribution in [0.15, 0.2) is 42.5 Å². The highest BCUT2D eigenvalue weighted by molar-refractivity contribution is 7.22. The number of aromatic nitrogens is 1. The first-order chi connectivity index (χ1) is 14.6. The highest BCUT2D eigenvalue weighted by Crippen LogP contribution is 2.34. The number of nitrogens with zero attached hydrogens (tertiary/aromatic N) is 4. The van der Waals surface area contributed by atoms with Crippen molar-refractivity contribution in [3.05, 3.63) is 48.3 Å². The number of rotatable bonds is 4. The third kappa shape index (κ3) is 3.56. The van der Waals surface area contributed by atoms with E-state index in [4.69, 9.17) is 4.74 Å². The number of carbonyl (C=O) groups is 1. The van der Waals surface area contributed by atoms with Crippen molar-refractivity contribution in [3.8, 4) is 5.75 Å². The Balaban J connectivity index is 1.15. The van der Waals surface area contributed by atoms with Crippen LogP contribution < -0.4 is 14.5 Å². The van der Waals surface area contributed by atoms with Gasteiger partial charge in [0.25, 0.3) is 0 Å². The second kappa shape index (κ2) is 7.75. The van der Waals surface area contributed by atoms with Crippen LogP contribution in [0.4, 0.5) is 15.2 Å². The quantitative estimate of drug-likeness (QED) is 0.641. The summed E-state index contributed by atoms with van der Waals surface area (Å²) in [6, 6.07) is 12.7. The van der Waals surface area contributed by atoms with Gasteiger partial charge in [-0.15, -0.1) is 0 Å². The summed E-state index contributed by atoms with van der Waals surface area (Å²) in [6.07, 6.45) is 0. The molecule has 5 rings (SSSR count). The fourth-order valence-corrected chi connectivity index (χ4v) is 5.06. The van der Waals surface area contributed by atoms with Crippen molar-refractivity contribution in [3.63, 3.8) is 0 Å². The summed E-state index contributed by atoms with van der Waals surface area (Å²) in [6.45, 7) is 4.50. The van der Waals surface area contributed by atoms with Crippen LogP contribution in [0.5, 0.6) is 5.75 Å². The second-order valence-electron chi connectivity index (χ2n) is 7.72. The van der Waals surface area contributed by atoms with Crippen molar-refractivity contribution >= 4 is 38.3 Å². The number of piperazine rings is 1. The molecule has 3 heterocycles. The smallest absolute Gasteiger partial charge is 0.229 e. The average Bonchev–Trinajstić information content (AvgIpc) is 3.15. The molecule has 156 valence electrons. The molecule has 2 aliphatic heterocycles. The number of hydrogen-bond acceptors (Lipinski definition) is 6. The molecule has 2 fully saturated rings. The van der Waals surface area contributed by atoms with Crippen molar-refractivity contribution < 1.29 is 13.9 Å². The highest BCUT2D eigenvalue weighted by atomic mass is 32.1. The monoisotopic (exact) mass is 426 g/mol. The van der Waals surface area contributed by atoms with E-state index in [1.54, 1.807) is 13.2 Å². The van der Waals surface area contributed by atoms with Crippen LogP contribution in [-0.2, 0) is 4.79 Å². The fourth-order valence-electron chi connectivity index (χ4n) is 4.05. The summed E-state index contributed by atoms with van der Waals surface area (Å²) in [5, 5.41) is 0.865. The lowest BCUT2D eigenvalue weighted by atomic mass is 9.99. The van der Waals surface area contributed by atoms with Gasteiger partial charge in [-0.1, -0.05) is 11.3 Å². The first kappa shape index (κ1) is 19.1. The summed E-state index contributed by atoms with van der Waals surface area (Å²) in [5.74, 6) is 0.845. The number of carbonyl (C=O) groups excluding carboxylic acids is 1. The predicted molar refractivity (Wildman–Crippen MR) is 117 cm³/mol. The Hall–Kier alpha value is -2.87. The van der Waals surface area contributed by atoms with Crippen LogP contribution in [0, 0.1) is 11.7 Å². The number of hydrogen-bond donors (Lipinski definition) is 0. The van der Waals surface area contributed by atoms with Gasteiger partial charge >= 0.3 is 0 Å². The standard InChI is InChI=1S/C22H23FN4O2S/c1-29-18-5-3-17(4-6-18)25-8-10-26(11-9-25)21(28)15-13-27(14-15)22-24-19-7-2-16(23)12-20(19)30-22/h2-7,12,15H,8-11,13-14H2,1H3. The van der Waals surface area contributed by atoms with E-state index in [-0.39, 0.29) is 17.6 Å². The van der Waals surface area contributed by atoms with Gasteiger partial charge in [-0.25, -0.2) is 9.37 Å². The molecule has 0 bridgehead atoms. The topological polar surface area (TPSA) is 48.9 Å². The van der Waals surface area contributed by atoms with Gasteiger partial charge in [0.1, 0.15) is 11.6 Å². The molecule has 1 aromatic heterocycles. The van der Waals surface area contributed by atoms with Crippen LogP contribution >= 0.6 is 11.3 Å². The first-order valence-electron chi connectivity index (χ1n) is 10.1. The number of fused-ring (bicyclic) bond motifs is 1. The lowest BCUT2D eigenvalue weighted by molar-refractivity contribution is -0.136. The van der Waals surface area contributed by atoms with Crippen LogP contribution in [0.25, 0.3) is 10.2 Å². The minimum atomic E-state index is -0.247. The van der Waals surface area contributed by atoms with Crippen molar-refractivity contribution in [2.45, 2.75) is 0 Å². The summed E-state index contributed by atoms with van der Waals surface area (Å²) < 4.78 is 19.5. The average molecular weight is 427 g/mol. The van der Waals surface area contributed by atoms with E-state index in [0.29, 0.717) is 13.1 Å². The third-order valence-corrected chi connectivity index (χ3v) is 6.95. The normalized spacial score (nSPS) is 17.3. The van der Waals surface area contributed by atoms with Crippen molar-refractivity contribution in [1.82, 2.24) is 9.88 Å². The fraction of sp³-hybridized carbons (Fsp3) is 0.364. The van der Waals surface area contributed by atoms with Crippen molar-refractivity contribution in [2.75, 3.05) is 56.2 Å². The van der Waals surface area contributed by atoms with Crippen LogP contribution in [0.3, 0.4) is 0 Å². The molecule has 1 amide bonds. The summed E-state index contributed by atoms with van der Waals surface area (Å²) >= 11 is 1.48. The first-order valence-corrected chi connectivity index (χ1v) is 10.9. The third-order valence-electron chi connectivity index (χ3n) is 5.87. The Kier molecular flexibility index (Phi) is 4.94. The second-order valence-corrected chi connectivity index (χ2v) is 8.73. The van der Waals surface area contributed by atoms with Gasteiger partial charge in [-0.3, -0.25) is 4.79 Å². The molecule has 0 aliphatic carbocycles. The lowest BCUT2D eigenvalue weighted by Gasteiger charge is -2.43. The van der Waals surface area contributed by atoms with Gasteiger partial charge in [0.05, 0.1) is 23.2 Å². The maximum Gasteiger partial charge on any atom is 0.229 e. The van der Waals surface area contributed by atoms with Gasteiger partial charge < -0.3 is 19.4 Å². The SMILES string of the molecule is COc1ccc(N2CCN(C(=O)C3CN(c4nc5ccc(F)cc5s4)C3)CC2)cc1. The molecule has 6 nitrogen and oxygen atoms in total. The number of methoxy groups -OCH3 is 1. The molecule has 30 heavy (non-hydrogen) atoms. The predicted octanol–water partition coefficient (Wildman–Crippen LogP) is 3.23. The van der Waals surface area contributed by atoms with Gasteiger partial charge in [0, 0.05) is 45.0 Å². The van der Waals surface area contributed by atoms with E-state index < -0.39 is 0 Å². The summed E-state index contributed by atoms with van der Waals surface area (Å²) in [7, 11) is 1.66. The Morgan fingerprint density at radius 3 is 2.50 bits per heavy atom. The molecule has 0 unspecified atom stereocenters. The lowest BCUT2D eigenvalue weighted by Crippen LogP contribution is -2.58. The molecule has 2 saturated heterocycles. The maximum atomic E-state index is 13.4. The minimum Gasteiger partial charge on any atom is -0.497 e. The van der Waals surface area contributed by atoms with Gasteiger partial charge in [-0.2, -0.15) is 0 Å². The maximum absolute atomic E-state index is 13.4. The van der Waals surface area contributed by atoms with E-state index in [1.807, 2.05) is 17.0 Å². The zero-order chi connectivity index (χ0) is 20.7. The van der Waals surface area contributed by atoms with Crippen molar-refractivity contribution in [2.24, 2.45) is 5.92 Å². The molecular weight excluding hydrogens is 403 g/mol. The van der Waals surface area contributed by atoms with Crippen LogP contribution in [0.2, 0.25) is 0 Å². The van der Waals surface area contributed by atoms with Gasteiger partial charge in [-0.05, 0) is 42.5 Å². The molecule has 2 aromatic carbocycles. The molecule has 0 spiro atoms. The number of benzene rings is 2. The Morgan fingerprint density at radius 1 is 1.07 bits per heavy atom. The van der Waals surface area contributed by atoms with Crippen LogP contribution in [0.1, 0.15) is 0 Å². The van der Waals surface area contributed by atoms with E-state index in [2.05, 4.69) is 26.9 Å². The zero-order valence-electron chi connectivity index (χ0n) is 16.8. The Bertz CT molecular complexity index is 1060. The number of anilines is 2. The Labute approximate surface area is 178 Å². The van der Waals surface area contributed by atoms with E-state index >= 15 is 0 Å². The number of ether oxygens (including phenoxy) is 1. The highest BCUT2D eigenvalue weighted by Gasteiger charge is 2.37. The van der Waals surface area contributed by atoms with Gasteiger partial charge in [0.15, 0.2) is 5.13 Å². The number of amides is 1. The molecule has 8 heteroatoms. The van der Waals surface area contributed by atoms with E-state index in [0.717, 1.165) is 53.0 Å². The molecule has 2 aliphatic rings.